The van der Waals surface area contributed by atoms with Gasteiger partial charge in [0.2, 0.25) is 0 Å². The lowest BCUT2D eigenvalue weighted by atomic mass is 9.91. The molecule has 0 atom stereocenters. The van der Waals surface area contributed by atoms with Crippen molar-refractivity contribution in [3.05, 3.63) is 218 Å². The molecular formula is C60H35F3N2O. The van der Waals surface area contributed by atoms with E-state index in [1.165, 1.54) is 0 Å². The molecule has 0 aliphatic rings. The number of alkyl halides is 3. The van der Waals surface area contributed by atoms with Crippen LogP contribution >= 0.6 is 0 Å². The van der Waals surface area contributed by atoms with Gasteiger partial charge in [0.25, 0.3) is 0 Å². The maximum absolute atomic E-state index is 13.7. The van der Waals surface area contributed by atoms with Crippen molar-refractivity contribution in [2.75, 3.05) is 0 Å². The molecule has 0 N–H and O–H groups in total. The molecule has 0 amide bonds. The van der Waals surface area contributed by atoms with Crippen LogP contribution in [-0.4, -0.2) is 9.55 Å². The number of hydrogen-bond acceptors (Lipinski definition) is 2. The van der Waals surface area contributed by atoms with Crippen molar-refractivity contribution >= 4 is 76.1 Å². The fourth-order valence-corrected chi connectivity index (χ4v) is 10.0. The van der Waals surface area contributed by atoms with Crippen LogP contribution in [0.1, 0.15) is 5.56 Å². The molecule has 6 heteroatoms. The van der Waals surface area contributed by atoms with E-state index in [9.17, 15) is 13.2 Å². The molecule has 0 fully saturated rings. The van der Waals surface area contributed by atoms with E-state index in [0.717, 1.165) is 133 Å². The predicted octanol–water partition coefficient (Wildman–Crippen LogP) is 17.2. The summed E-state index contributed by atoms with van der Waals surface area (Å²) >= 11 is 0. The number of benzene rings is 10. The molecule has 13 aromatic rings. The minimum Gasteiger partial charge on any atom is -0.456 e. The van der Waals surface area contributed by atoms with Crippen molar-refractivity contribution in [3.8, 4) is 50.5 Å². The van der Waals surface area contributed by atoms with Crippen LogP contribution in [0.25, 0.3) is 127 Å². The van der Waals surface area contributed by atoms with Gasteiger partial charge in [-0.25, -0.2) is 4.98 Å². The number of pyridine rings is 1. The van der Waals surface area contributed by atoms with E-state index in [1.807, 2.05) is 60.7 Å². The van der Waals surface area contributed by atoms with Crippen molar-refractivity contribution in [3.63, 3.8) is 0 Å². The number of furan rings is 1. The third-order valence-electron chi connectivity index (χ3n) is 13.2. The van der Waals surface area contributed by atoms with Crippen LogP contribution < -0.4 is 0 Å². The predicted molar refractivity (Wildman–Crippen MR) is 265 cm³/mol. The largest absolute Gasteiger partial charge is 0.456 e. The minimum absolute atomic E-state index is 0.671. The van der Waals surface area contributed by atoms with E-state index < -0.39 is 11.7 Å². The maximum atomic E-state index is 13.7. The Morgan fingerprint density at radius 1 is 0.333 bits per heavy atom. The summed E-state index contributed by atoms with van der Waals surface area (Å²) in [4.78, 5) is 5.21. The molecule has 312 valence electrons. The van der Waals surface area contributed by atoms with Gasteiger partial charge in [-0.2, -0.15) is 13.2 Å². The van der Waals surface area contributed by atoms with Crippen LogP contribution in [0.5, 0.6) is 0 Å². The monoisotopic (exact) mass is 856 g/mol. The standard InChI is InChI=1S/C60H35F3N2O/c61-60(62,63)42-24-19-36(20-25-42)39-23-28-56-52(30-39)53-34-50-45-16-8-7-15-44(45)49-29-40(41-22-27-48-47-17-9-10-18-58(47)66-59(48)31-41)21-26-46(49)51(50)35-57(53)65(56)43-32-54(37-11-3-1-4-12-37)64-55(33-43)38-13-5-2-6-14-38/h1-35H. The molecule has 66 heavy (non-hydrogen) atoms. The lowest BCUT2D eigenvalue weighted by Crippen LogP contribution is -2.03. The smallest absolute Gasteiger partial charge is 0.416 e. The summed E-state index contributed by atoms with van der Waals surface area (Å²) < 4.78 is 49.6. The number of para-hydroxylation sites is 1. The van der Waals surface area contributed by atoms with Crippen molar-refractivity contribution in [1.82, 2.24) is 9.55 Å². The molecule has 3 heterocycles. The second-order valence-electron chi connectivity index (χ2n) is 17.0. The third kappa shape index (κ3) is 6.10. The number of halogens is 3. The highest BCUT2D eigenvalue weighted by molar-refractivity contribution is 6.29. The first kappa shape index (κ1) is 38.0. The summed E-state index contributed by atoms with van der Waals surface area (Å²) in [6.07, 6.45) is -4.42. The van der Waals surface area contributed by atoms with Crippen molar-refractivity contribution < 1.29 is 17.6 Å². The van der Waals surface area contributed by atoms with E-state index in [-0.39, 0.29) is 0 Å². The summed E-state index contributed by atoms with van der Waals surface area (Å²) in [5.41, 5.74) is 11.4. The average Bonchev–Trinajstić information content (AvgIpc) is 3.90. The Hall–Kier alpha value is -8.48. The molecule has 0 saturated carbocycles. The lowest BCUT2D eigenvalue weighted by molar-refractivity contribution is -0.137. The fourth-order valence-electron chi connectivity index (χ4n) is 10.0. The highest BCUT2D eigenvalue weighted by Gasteiger charge is 2.30. The van der Waals surface area contributed by atoms with Crippen LogP contribution in [-0.2, 0) is 6.18 Å². The number of hydrogen-bond donors (Lipinski definition) is 0. The van der Waals surface area contributed by atoms with Crippen LogP contribution in [0, 0.1) is 0 Å². The zero-order valence-corrected chi connectivity index (χ0v) is 35.1. The Morgan fingerprint density at radius 3 is 1.50 bits per heavy atom. The molecule has 0 spiro atoms. The fraction of sp³-hybridized carbons (Fsp3) is 0.0167. The van der Waals surface area contributed by atoms with Crippen molar-refractivity contribution in [2.24, 2.45) is 0 Å². The second-order valence-corrected chi connectivity index (χ2v) is 17.0. The molecule has 0 saturated heterocycles. The Bertz CT molecular complexity index is 4020. The minimum atomic E-state index is -4.42. The second kappa shape index (κ2) is 14.5. The first-order valence-corrected chi connectivity index (χ1v) is 21.9. The highest BCUT2D eigenvalue weighted by atomic mass is 19.4. The van der Waals surface area contributed by atoms with Gasteiger partial charge in [0.05, 0.1) is 33.7 Å². The van der Waals surface area contributed by atoms with E-state index in [2.05, 4.69) is 132 Å². The van der Waals surface area contributed by atoms with Crippen molar-refractivity contribution in [2.45, 2.75) is 6.18 Å². The molecule has 0 radical (unpaired) electrons. The summed E-state index contributed by atoms with van der Waals surface area (Å²) in [5.74, 6) is 0. The normalized spacial score (nSPS) is 12.2. The van der Waals surface area contributed by atoms with Gasteiger partial charge in [0, 0.05) is 32.7 Å². The topological polar surface area (TPSA) is 31.0 Å². The first-order chi connectivity index (χ1) is 32.3. The van der Waals surface area contributed by atoms with Crippen LogP contribution in [0.4, 0.5) is 13.2 Å². The van der Waals surface area contributed by atoms with Crippen LogP contribution in [0.2, 0.25) is 0 Å². The quantitative estimate of drug-likeness (QED) is 0.162. The number of fused-ring (bicyclic) bond motifs is 12. The molecule has 0 bridgehead atoms. The number of nitrogens with zero attached hydrogens (tertiary/aromatic N) is 2. The summed E-state index contributed by atoms with van der Waals surface area (Å²) in [6.45, 7) is 0. The molecule has 3 aromatic heterocycles. The number of rotatable bonds is 5. The molecular weight excluding hydrogens is 822 g/mol. The third-order valence-corrected chi connectivity index (χ3v) is 13.2. The van der Waals surface area contributed by atoms with Gasteiger partial charge in [-0.1, -0.05) is 140 Å². The van der Waals surface area contributed by atoms with E-state index in [1.54, 1.807) is 12.1 Å². The van der Waals surface area contributed by atoms with Gasteiger partial charge in [0.1, 0.15) is 11.2 Å². The Labute approximate surface area is 376 Å². The summed E-state index contributed by atoms with van der Waals surface area (Å²) in [6, 6.07) is 71.0. The highest BCUT2D eigenvalue weighted by Crippen LogP contribution is 2.44. The van der Waals surface area contributed by atoms with Crippen LogP contribution in [0.15, 0.2) is 217 Å². The van der Waals surface area contributed by atoms with E-state index in [0.29, 0.717) is 5.56 Å². The van der Waals surface area contributed by atoms with Gasteiger partial charge in [0.15, 0.2) is 0 Å². The Morgan fingerprint density at radius 2 is 0.818 bits per heavy atom. The molecule has 10 aromatic carbocycles. The zero-order chi connectivity index (χ0) is 44.1. The molecule has 0 aliphatic heterocycles. The SMILES string of the molecule is FC(F)(F)c1ccc(-c2ccc3c(c2)c2cc4c5ccccc5c5cc(-c6ccc7c(c6)oc6ccccc67)ccc5c4cc2n3-c2cc(-c3ccccc3)nc(-c3ccccc3)c2)cc1. The summed E-state index contributed by atoms with van der Waals surface area (Å²) in [5, 5.41) is 11.0. The molecule has 13 rings (SSSR count). The van der Waals surface area contributed by atoms with Crippen molar-refractivity contribution in [1.29, 1.82) is 0 Å². The first-order valence-electron chi connectivity index (χ1n) is 21.9. The Balaban J connectivity index is 1.09. The lowest BCUT2D eigenvalue weighted by Gasteiger charge is -2.15. The van der Waals surface area contributed by atoms with Gasteiger partial charge in [-0.15, -0.1) is 0 Å². The maximum Gasteiger partial charge on any atom is 0.416 e. The van der Waals surface area contributed by atoms with Gasteiger partial charge in [-0.3, -0.25) is 0 Å². The van der Waals surface area contributed by atoms with Gasteiger partial charge < -0.3 is 8.98 Å². The molecule has 3 nitrogen and oxygen atoms in total. The molecule has 0 unspecified atom stereocenters. The van der Waals surface area contributed by atoms with E-state index >= 15 is 0 Å². The van der Waals surface area contributed by atoms with Crippen LogP contribution in [0.3, 0.4) is 0 Å². The number of aromatic nitrogens is 2. The Kier molecular flexibility index (Phi) is 8.37. The molecule has 0 aliphatic carbocycles. The van der Waals surface area contributed by atoms with Gasteiger partial charge in [-0.05, 0) is 127 Å². The average molecular weight is 857 g/mol. The summed E-state index contributed by atoms with van der Waals surface area (Å²) in [7, 11) is 0. The van der Waals surface area contributed by atoms with E-state index in [4.69, 9.17) is 9.40 Å². The van der Waals surface area contributed by atoms with Gasteiger partial charge >= 0.3 is 6.18 Å². The zero-order valence-electron chi connectivity index (χ0n) is 35.1.